The van der Waals surface area contributed by atoms with Crippen molar-refractivity contribution in [3.05, 3.63) is 53.1 Å². The van der Waals surface area contributed by atoms with Crippen molar-refractivity contribution in [1.82, 2.24) is 15.1 Å². The van der Waals surface area contributed by atoms with Gasteiger partial charge in [0.05, 0.1) is 22.2 Å². The first-order chi connectivity index (χ1) is 15.5. The number of nitrogens with one attached hydrogen (secondary N) is 1. The molecule has 0 unspecified atom stereocenters. The lowest BCUT2D eigenvalue weighted by Crippen LogP contribution is -2.46. The van der Waals surface area contributed by atoms with Crippen LogP contribution in [0.3, 0.4) is 0 Å². The highest BCUT2D eigenvalue weighted by molar-refractivity contribution is 7.99. The maximum Gasteiger partial charge on any atom is 0.277 e. The Labute approximate surface area is 197 Å². The number of carbonyl (C=O) groups excluding carboxylic acids is 1. The number of likely N-dealkylation sites (N-methyl/N-ethyl adjacent to an activating group) is 1. The molecule has 9 heteroatoms. The molecule has 1 fully saturated rings. The molecule has 2 aromatic carbocycles. The van der Waals surface area contributed by atoms with Crippen molar-refractivity contribution >= 4 is 40.6 Å². The molecule has 0 radical (unpaired) electrons. The van der Waals surface area contributed by atoms with E-state index in [2.05, 4.69) is 32.2 Å². The van der Waals surface area contributed by atoms with Crippen LogP contribution in [0.4, 0.5) is 11.4 Å². The van der Waals surface area contributed by atoms with Crippen LogP contribution < -0.4 is 10.2 Å². The topological polar surface area (TPSA) is 74.5 Å². The average Bonchev–Trinajstić information content (AvgIpc) is 3.28. The number of hydrogen-bond acceptors (Lipinski definition) is 7. The Balaban J connectivity index is 1.38. The number of thioether (sulfide) groups is 1. The third-order valence-corrected chi connectivity index (χ3v) is 6.55. The average molecular weight is 472 g/mol. The lowest BCUT2D eigenvalue weighted by atomic mass is 10.1. The number of para-hydroxylation sites is 1. The van der Waals surface area contributed by atoms with E-state index in [9.17, 15) is 4.79 Å². The predicted octanol–water partition coefficient (Wildman–Crippen LogP) is 4.57. The van der Waals surface area contributed by atoms with Crippen LogP contribution in [-0.4, -0.2) is 59.5 Å². The lowest BCUT2D eigenvalue weighted by molar-refractivity contribution is -0.113. The Morgan fingerprint density at radius 3 is 2.59 bits per heavy atom. The Hall–Kier alpha value is -2.55. The van der Waals surface area contributed by atoms with Crippen LogP contribution in [0, 0.1) is 6.92 Å². The van der Waals surface area contributed by atoms with Gasteiger partial charge in [0.25, 0.3) is 5.22 Å². The van der Waals surface area contributed by atoms with Crippen molar-refractivity contribution in [2.75, 3.05) is 48.7 Å². The molecule has 1 aliphatic rings. The summed E-state index contributed by atoms with van der Waals surface area (Å²) in [6.07, 6.45) is 0. The second-order valence-corrected chi connectivity index (χ2v) is 8.97. The molecular weight excluding hydrogens is 446 g/mol. The molecule has 7 nitrogen and oxygen atoms in total. The molecule has 168 valence electrons. The Kier molecular flexibility index (Phi) is 7.34. The zero-order valence-electron chi connectivity index (χ0n) is 18.2. The van der Waals surface area contributed by atoms with Gasteiger partial charge >= 0.3 is 0 Å². The zero-order chi connectivity index (χ0) is 22.5. The van der Waals surface area contributed by atoms with Crippen LogP contribution in [0.2, 0.25) is 5.02 Å². The predicted molar refractivity (Wildman–Crippen MR) is 130 cm³/mol. The number of aryl methyl sites for hydroxylation is 1. The molecule has 2 heterocycles. The number of aromatic nitrogens is 2. The summed E-state index contributed by atoms with van der Waals surface area (Å²) in [4.78, 5) is 17.3. The number of rotatable bonds is 7. The highest BCUT2D eigenvalue weighted by Crippen LogP contribution is 2.35. The van der Waals surface area contributed by atoms with Gasteiger partial charge in [-0.15, -0.1) is 10.2 Å². The van der Waals surface area contributed by atoms with Crippen LogP contribution in [0.15, 0.2) is 52.1 Å². The second kappa shape index (κ2) is 10.4. The van der Waals surface area contributed by atoms with Gasteiger partial charge in [-0.05, 0) is 37.7 Å². The van der Waals surface area contributed by atoms with E-state index in [0.717, 1.165) is 55.2 Å². The molecule has 1 N–H and O–H groups in total. The largest absolute Gasteiger partial charge is 0.411 e. The molecule has 1 aliphatic heterocycles. The quantitative estimate of drug-likeness (QED) is 0.506. The summed E-state index contributed by atoms with van der Waals surface area (Å²) in [6, 6.07) is 13.4. The first-order valence-corrected chi connectivity index (χ1v) is 12.0. The fourth-order valence-electron chi connectivity index (χ4n) is 3.62. The van der Waals surface area contributed by atoms with Crippen LogP contribution in [0.1, 0.15) is 12.5 Å². The number of amides is 1. The molecule has 0 atom stereocenters. The summed E-state index contributed by atoms with van der Waals surface area (Å²) in [5.74, 6) is 0.447. The van der Waals surface area contributed by atoms with Crippen molar-refractivity contribution in [3.63, 3.8) is 0 Å². The molecular formula is C23H26ClN5O2S. The molecule has 1 amide bonds. The monoisotopic (exact) mass is 471 g/mol. The van der Waals surface area contributed by atoms with Gasteiger partial charge < -0.3 is 19.5 Å². The Morgan fingerprint density at radius 1 is 1.12 bits per heavy atom. The highest BCUT2D eigenvalue weighted by Gasteiger charge is 2.21. The van der Waals surface area contributed by atoms with E-state index in [0.29, 0.717) is 16.1 Å². The van der Waals surface area contributed by atoms with Gasteiger partial charge in [-0.2, -0.15) is 0 Å². The van der Waals surface area contributed by atoms with E-state index in [-0.39, 0.29) is 11.7 Å². The molecule has 3 aromatic rings. The summed E-state index contributed by atoms with van der Waals surface area (Å²) in [6.45, 7) is 8.93. The van der Waals surface area contributed by atoms with Crippen molar-refractivity contribution in [1.29, 1.82) is 0 Å². The molecule has 1 saturated heterocycles. The summed E-state index contributed by atoms with van der Waals surface area (Å²) in [5.41, 5.74) is 3.61. The summed E-state index contributed by atoms with van der Waals surface area (Å²) in [5, 5.41) is 12.1. The van der Waals surface area contributed by atoms with E-state index in [1.807, 2.05) is 49.4 Å². The van der Waals surface area contributed by atoms with Gasteiger partial charge in [0, 0.05) is 31.7 Å². The molecule has 0 spiro atoms. The van der Waals surface area contributed by atoms with E-state index in [1.165, 1.54) is 11.8 Å². The van der Waals surface area contributed by atoms with Crippen molar-refractivity contribution in [3.8, 4) is 11.5 Å². The SMILES string of the molecule is CCN1CCN(c2c(Cl)cccc2NC(=O)CSc2nnc(-c3ccc(C)cc3)o2)CC1. The highest BCUT2D eigenvalue weighted by atomic mass is 35.5. The van der Waals surface area contributed by atoms with Gasteiger partial charge in [-0.25, -0.2) is 0 Å². The van der Waals surface area contributed by atoms with Crippen LogP contribution in [-0.2, 0) is 4.79 Å². The van der Waals surface area contributed by atoms with Crippen molar-refractivity contribution in [2.24, 2.45) is 0 Å². The molecule has 1 aromatic heterocycles. The van der Waals surface area contributed by atoms with E-state index in [4.69, 9.17) is 16.0 Å². The summed E-state index contributed by atoms with van der Waals surface area (Å²) in [7, 11) is 0. The first-order valence-electron chi connectivity index (χ1n) is 10.6. The first kappa shape index (κ1) is 22.6. The minimum absolute atomic E-state index is 0.152. The molecule has 4 rings (SSSR count). The lowest BCUT2D eigenvalue weighted by Gasteiger charge is -2.36. The third kappa shape index (κ3) is 5.43. The van der Waals surface area contributed by atoms with Crippen LogP contribution >= 0.6 is 23.4 Å². The summed E-state index contributed by atoms with van der Waals surface area (Å²) < 4.78 is 5.70. The van der Waals surface area contributed by atoms with E-state index in [1.54, 1.807) is 0 Å². The third-order valence-electron chi connectivity index (χ3n) is 5.43. The van der Waals surface area contributed by atoms with Crippen molar-refractivity contribution in [2.45, 2.75) is 19.1 Å². The zero-order valence-corrected chi connectivity index (χ0v) is 19.7. The maximum absolute atomic E-state index is 12.7. The smallest absolute Gasteiger partial charge is 0.277 e. The summed E-state index contributed by atoms with van der Waals surface area (Å²) >= 11 is 7.72. The number of benzene rings is 2. The Bertz CT molecular complexity index is 1060. The minimum Gasteiger partial charge on any atom is -0.411 e. The van der Waals surface area contributed by atoms with Gasteiger partial charge in [0.1, 0.15) is 0 Å². The van der Waals surface area contributed by atoms with Gasteiger partial charge in [0.15, 0.2) is 0 Å². The molecule has 32 heavy (non-hydrogen) atoms. The number of halogens is 1. The minimum atomic E-state index is -0.152. The second-order valence-electron chi connectivity index (χ2n) is 7.63. The fraction of sp³-hybridized carbons (Fsp3) is 0.348. The van der Waals surface area contributed by atoms with Crippen molar-refractivity contribution < 1.29 is 9.21 Å². The number of nitrogens with zero attached hydrogens (tertiary/aromatic N) is 4. The number of anilines is 2. The van der Waals surface area contributed by atoms with E-state index >= 15 is 0 Å². The van der Waals surface area contributed by atoms with Crippen LogP contribution in [0.5, 0.6) is 0 Å². The van der Waals surface area contributed by atoms with Gasteiger partial charge in [0.2, 0.25) is 11.8 Å². The van der Waals surface area contributed by atoms with Crippen LogP contribution in [0.25, 0.3) is 11.5 Å². The van der Waals surface area contributed by atoms with E-state index < -0.39 is 0 Å². The normalized spacial score (nSPS) is 14.5. The van der Waals surface area contributed by atoms with Gasteiger partial charge in [-0.1, -0.05) is 54.0 Å². The maximum atomic E-state index is 12.7. The van der Waals surface area contributed by atoms with Gasteiger partial charge in [-0.3, -0.25) is 4.79 Å². The molecule has 0 aliphatic carbocycles. The fourth-order valence-corrected chi connectivity index (χ4v) is 4.48. The number of piperazine rings is 1. The Morgan fingerprint density at radius 2 is 1.88 bits per heavy atom. The molecule has 0 saturated carbocycles. The number of hydrogen-bond donors (Lipinski definition) is 1. The standard InChI is InChI=1S/C23H26ClN5O2S/c1-3-28-11-13-29(14-12-28)21-18(24)5-4-6-19(21)25-20(30)15-32-23-27-26-22(31-23)17-9-7-16(2)8-10-17/h4-10H,3,11-15H2,1-2H3,(H,25,30). The molecule has 0 bridgehead atoms. The number of carbonyl (C=O) groups is 1.